The fourth-order valence-corrected chi connectivity index (χ4v) is 2.27. The summed E-state index contributed by atoms with van der Waals surface area (Å²) >= 11 is 0. The van der Waals surface area contributed by atoms with Crippen LogP contribution in [-0.2, 0) is 4.79 Å². The molecule has 1 aliphatic rings. The predicted octanol–water partition coefficient (Wildman–Crippen LogP) is 1.08. The SMILES string of the molecule is CC(C)CNC(=O)CNCC1CCN(C(C)C)C1. The van der Waals surface area contributed by atoms with Crippen LogP contribution in [0.5, 0.6) is 0 Å². The summed E-state index contributed by atoms with van der Waals surface area (Å²) in [7, 11) is 0. The molecular formula is C14H29N3O. The lowest BCUT2D eigenvalue weighted by atomic mass is 10.1. The fourth-order valence-electron chi connectivity index (χ4n) is 2.27. The molecular weight excluding hydrogens is 226 g/mol. The van der Waals surface area contributed by atoms with Crippen molar-refractivity contribution in [1.82, 2.24) is 15.5 Å². The molecule has 0 aromatic carbocycles. The van der Waals surface area contributed by atoms with E-state index in [1.807, 2.05) is 0 Å². The van der Waals surface area contributed by atoms with Gasteiger partial charge in [0, 0.05) is 19.1 Å². The molecule has 0 saturated carbocycles. The van der Waals surface area contributed by atoms with Gasteiger partial charge >= 0.3 is 0 Å². The van der Waals surface area contributed by atoms with Crippen molar-refractivity contribution in [1.29, 1.82) is 0 Å². The molecule has 0 aliphatic carbocycles. The van der Waals surface area contributed by atoms with Gasteiger partial charge in [0.15, 0.2) is 0 Å². The Morgan fingerprint density at radius 1 is 1.33 bits per heavy atom. The van der Waals surface area contributed by atoms with Crippen molar-refractivity contribution >= 4 is 5.91 Å². The van der Waals surface area contributed by atoms with Crippen molar-refractivity contribution in [2.75, 3.05) is 32.7 Å². The summed E-state index contributed by atoms with van der Waals surface area (Å²) in [5, 5.41) is 6.19. The topological polar surface area (TPSA) is 44.4 Å². The van der Waals surface area contributed by atoms with Crippen LogP contribution in [0, 0.1) is 11.8 Å². The summed E-state index contributed by atoms with van der Waals surface area (Å²) in [5.41, 5.74) is 0. The van der Waals surface area contributed by atoms with E-state index >= 15 is 0 Å². The van der Waals surface area contributed by atoms with Crippen LogP contribution >= 0.6 is 0 Å². The smallest absolute Gasteiger partial charge is 0.233 e. The third kappa shape index (κ3) is 5.83. The fraction of sp³-hybridized carbons (Fsp3) is 0.929. The second kappa shape index (κ2) is 7.74. The molecule has 1 saturated heterocycles. The summed E-state index contributed by atoms with van der Waals surface area (Å²) in [6.45, 7) is 13.2. The van der Waals surface area contributed by atoms with Crippen molar-refractivity contribution in [3.05, 3.63) is 0 Å². The highest BCUT2D eigenvalue weighted by atomic mass is 16.1. The second-order valence-electron chi connectivity index (χ2n) is 6.07. The van der Waals surface area contributed by atoms with E-state index in [9.17, 15) is 4.79 Å². The van der Waals surface area contributed by atoms with Crippen LogP contribution in [0.1, 0.15) is 34.1 Å². The first kappa shape index (κ1) is 15.4. The first-order valence-corrected chi connectivity index (χ1v) is 7.20. The van der Waals surface area contributed by atoms with Gasteiger partial charge in [-0.25, -0.2) is 0 Å². The molecule has 1 rings (SSSR count). The van der Waals surface area contributed by atoms with E-state index in [4.69, 9.17) is 0 Å². The van der Waals surface area contributed by atoms with Gasteiger partial charge in [-0.05, 0) is 45.2 Å². The molecule has 0 aromatic rings. The van der Waals surface area contributed by atoms with E-state index in [2.05, 4.69) is 43.2 Å². The van der Waals surface area contributed by atoms with Gasteiger partial charge in [-0.2, -0.15) is 0 Å². The lowest BCUT2D eigenvalue weighted by Gasteiger charge is -2.20. The maximum Gasteiger partial charge on any atom is 0.233 e. The average Bonchev–Trinajstić information content (AvgIpc) is 2.75. The van der Waals surface area contributed by atoms with Gasteiger partial charge in [-0.1, -0.05) is 13.8 Å². The first-order valence-electron chi connectivity index (χ1n) is 7.20. The highest BCUT2D eigenvalue weighted by Crippen LogP contribution is 2.17. The molecule has 1 aliphatic heterocycles. The van der Waals surface area contributed by atoms with E-state index in [0.717, 1.165) is 19.6 Å². The third-order valence-electron chi connectivity index (χ3n) is 3.47. The number of amides is 1. The molecule has 1 atom stereocenters. The third-order valence-corrected chi connectivity index (χ3v) is 3.47. The summed E-state index contributed by atoms with van der Waals surface area (Å²) in [4.78, 5) is 14.0. The standard InChI is InChI=1S/C14H29N3O/c1-11(2)7-16-14(18)9-15-8-13-5-6-17(10-13)12(3)4/h11-13,15H,5-10H2,1-4H3,(H,16,18). The number of likely N-dealkylation sites (tertiary alicyclic amines) is 1. The summed E-state index contributed by atoms with van der Waals surface area (Å²) < 4.78 is 0. The van der Waals surface area contributed by atoms with Gasteiger partial charge in [-0.15, -0.1) is 0 Å². The number of nitrogens with zero attached hydrogens (tertiary/aromatic N) is 1. The molecule has 0 radical (unpaired) electrons. The lowest BCUT2D eigenvalue weighted by molar-refractivity contribution is -0.120. The van der Waals surface area contributed by atoms with Crippen LogP contribution in [0.2, 0.25) is 0 Å². The molecule has 1 heterocycles. The minimum atomic E-state index is 0.113. The van der Waals surface area contributed by atoms with Crippen molar-refractivity contribution in [3.8, 4) is 0 Å². The van der Waals surface area contributed by atoms with Gasteiger partial charge in [0.05, 0.1) is 6.54 Å². The Kier molecular flexibility index (Phi) is 6.65. The average molecular weight is 255 g/mol. The molecule has 1 unspecified atom stereocenters. The van der Waals surface area contributed by atoms with E-state index in [1.165, 1.54) is 13.0 Å². The molecule has 4 nitrogen and oxygen atoms in total. The summed E-state index contributed by atoms with van der Waals surface area (Å²) in [6.07, 6.45) is 1.25. The number of carbonyl (C=O) groups is 1. The van der Waals surface area contributed by atoms with Crippen LogP contribution in [0.15, 0.2) is 0 Å². The number of rotatable bonds is 7. The van der Waals surface area contributed by atoms with Gasteiger partial charge in [0.25, 0.3) is 0 Å². The Bertz CT molecular complexity index is 253. The maximum absolute atomic E-state index is 11.5. The highest BCUT2D eigenvalue weighted by Gasteiger charge is 2.23. The van der Waals surface area contributed by atoms with Crippen molar-refractivity contribution < 1.29 is 4.79 Å². The van der Waals surface area contributed by atoms with E-state index in [1.54, 1.807) is 0 Å². The Hall–Kier alpha value is -0.610. The van der Waals surface area contributed by atoms with Crippen LogP contribution in [0.4, 0.5) is 0 Å². The predicted molar refractivity (Wildman–Crippen MR) is 75.5 cm³/mol. The number of nitrogens with one attached hydrogen (secondary N) is 2. The molecule has 106 valence electrons. The Balaban J connectivity index is 2.06. The Morgan fingerprint density at radius 3 is 2.61 bits per heavy atom. The number of carbonyl (C=O) groups excluding carboxylic acids is 1. The monoisotopic (exact) mass is 255 g/mol. The molecule has 1 amide bonds. The van der Waals surface area contributed by atoms with E-state index in [-0.39, 0.29) is 5.91 Å². The molecule has 4 heteroatoms. The van der Waals surface area contributed by atoms with Gasteiger partial charge in [-0.3, -0.25) is 4.79 Å². The van der Waals surface area contributed by atoms with E-state index < -0.39 is 0 Å². The molecule has 0 bridgehead atoms. The quantitative estimate of drug-likeness (QED) is 0.715. The Labute approximate surface area is 111 Å². The largest absolute Gasteiger partial charge is 0.355 e. The van der Waals surface area contributed by atoms with Crippen molar-refractivity contribution in [2.24, 2.45) is 11.8 Å². The van der Waals surface area contributed by atoms with Gasteiger partial charge in [0.2, 0.25) is 5.91 Å². The molecule has 1 fully saturated rings. The van der Waals surface area contributed by atoms with Crippen molar-refractivity contribution in [2.45, 2.75) is 40.2 Å². The second-order valence-corrected chi connectivity index (χ2v) is 6.07. The van der Waals surface area contributed by atoms with Crippen molar-refractivity contribution in [3.63, 3.8) is 0 Å². The molecule has 18 heavy (non-hydrogen) atoms. The van der Waals surface area contributed by atoms with Crippen LogP contribution in [-0.4, -0.2) is 49.6 Å². The Morgan fingerprint density at radius 2 is 2.06 bits per heavy atom. The molecule has 2 N–H and O–H groups in total. The minimum absolute atomic E-state index is 0.113. The first-order chi connectivity index (χ1) is 8.49. The summed E-state index contributed by atoms with van der Waals surface area (Å²) in [5.74, 6) is 1.33. The zero-order valence-electron chi connectivity index (χ0n) is 12.3. The van der Waals surface area contributed by atoms with E-state index in [0.29, 0.717) is 24.4 Å². The summed E-state index contributed by atoms with van der Waals surface area (Å²) in [6, 6.07) is 0.643. The number of hydrogen-bond acceptors (Lipinski definition) is 3. The zero-order chi connectivity index (χ0) is 13.5. The van der Waals surface area contributed by atoms with Gasteiger partial charge in [0.1, 0.15) is 0 Å². The lowest BCUT2D eigenvalue weighted by Crippen LogP contribution is -2.38. The van der Waals surface area contributed by atoms with Crippen LogP contribution in [0.3, 0.4) is 0 Å². The minimum Gasteiger partial charge on any atom is -0.355 e. The van der Waals surface area contributed by atoms with Crippen LogP contribution < -0.4 is 10.6 Å². The zero-order valence-corrected chi connectivity index (χ0v) is 12.3. The highest BCUT2D eigenvalue weighted by molar-refractivity contribution is 5.77. The molecule has 0 aromatic heterocycles. The van der Waals surface area contributed by atoms with Crippen LogP contribution in [0.25, 0.3) is 0 Å². The number of hydrogen-bond donors (Lipinski definition) is 2. The van der Waals surface area contributed by atoms with Gasteiger partial charge < -0.3 is 15.5 Å². The molecule has 0 spiro atoms. The maximum atomic E-state index is 11.5. The normalized spacial score (nSPS) is 20.9.